The van der Waals surface area contributed by atoms with E-state index in [1.807, 2.05) is 55.5 Å². The van der Waals surface area contributed by atoms with Gasteiger partial charge in [-0.3, -0.25) is 9.59 Å². The molecule has 3 nitrogen and oxygen atoms in total. The molecular weight excluding hydrogens is 282 g/mol. The number of carbonyl (C=O) groups is 2. The Morgan fingerprint density at radius 3 is 2.33 bits per heavy atom. The molecule has 0 saturated heterocycles. The molecule has 0 saturated carbocycles. The van der Waals surface area contributed by atoms with Gasteiger partial charge in [-0.2, -0.15) is 0 Å². The van der Waals surface area contributed by atoms with Crippen LogP contribution in [0.2, 0.25) is 0 Å². The summed E-state index contributed by atoms with van der Waals surface area (Å²) in [6, 6.07) is 15.1. The zero-order valence-corrected chi connectivity index (χ0v) is 12.9. The van der Waals surface area contributed by atoms with Crippen LogP contribution in [-0.4, -0.2) is 17.4 Å². The van der Waals surface area contributed by atoms with E-state index in [1.54, 1.807) is 0 Å². The van der Waals surface area contributed by atoms with Crippen molar-refractivity contribution in [2.24, 2.45) is 0 Å². The highest BCUT2D eigenvalue weighted by Gasteiger charge is 2.08. The average molecular weight is 299 g/mol. The summed E-state index contributed by atoms with van der Waals surface area (Å²) in [5, 5.41) is 2.72. The van der Waals surface area contributed by atoms with Crippen molar-refractivity contribution in [2.45, 2.75) is 18.7 Å². The molecular formula is C17H17NO2S. The van der Waals surface area contributed by atoms with E-state index in [4.69, 9.17) is 0 Å². The van der Waals surface area contributed by atoms with Gasteiger partial charge in [0.1, 0.15) is 0 Å². The first-order chi connectivity index (χ1) is 10.1. The first kappa shape index (κ1) is 15.3. The first-order valence-electron chi connectivity index (χ1n) is 6.65. The van der Waals surface area contributed by atoms with Crippen LogP contribution in [0.1, 0.15) is 22.8 Å². The third kappa shape index (κ3) is 4.46. The molecule has 0 bridgehead atoms. The molecule has 0 aliphatic heterocycles. The molecule has 0 aliphatic carbocycles. The van der Waals surface area contributed by atoms with E-state index in [9.17, 15) is 9.59 Å². The normalized spacial score (nSPS) is 10.2. The van der Waals surface area contributed by atoms with Crippen LogP contribution in [0.15, 0.2) is 53.4 Å². The van der Waals surface area contributed by atoms with Gasteiger partial charge in [0.15, 0.2) is 5.78 Å². The molecule has 0 spiro atoms. The summed E-state index contributed by atoms with van der Waals surface area (Å²) in [6.07, 6.45) is 0. The van der Waals surface area contributed by atoms with E-state index >= 15 is 0 Å². The summed E-state index contributed by atoms with van der Waals surface area (Å²) in [5.74, 6) is 0.443. The molecule has 0 radical (unpaired) electrons. The zero-order chi connectivity index (χ0) is 15.2. The van der Waals surface area contributed by atoms with Crippen LogP contribution in [0.3, 0.4) is 0 Å². The maximum absolute atomic E-state index is 12.2. The van der Waals surface area contributed by atoms with Crippen molar-refractivity contribution in [3.05, 3.63) is 59.7 Å². The highest BCUT2D eigenvalue weighted by Crippen LogP contribution is 2.22. The minimum absolute atomic E-state index is 0.0925. The van der Waals surface area contributed by atoms with Crippen molar-refractivity contribution < 1.29 is 9.59 Å². The number of benzene rings is 2. The van der Waals surface area contributed by atoms with Gasteiger partial charge in [-0.25, -0.2) is 0 Å². The number of thioether (sulfide) groups is 1. The highest BCUT2D eigenvalue weighted by molar-refractivity contribution is 8.00. The van der Waals surface area contributed by atoms with E-state index in [-0.39, 0.29) is 11.7 Å². The Hall–Kier alpha value is -2.07. The van der Waals surface area contributed by atoms with Gasteiger partial charge in [-0.1, -0.05) is 24.3 Å². The molecule has 1 N–H and O–H groups in total. The maximum atomic E-state index is 12.2. The van der Waals surface area contributed by atoms with Gasteiger partial charge >= 0.3 is 0 Å². The number of ketones is 1. The van der Waals surface area contributed by atoms with E-state index in [0.717, 1.165) is 21.7 Å². The number of nitrogens with one attached hydrogen (secondary N) is 1. The fraction of sp³-hybridized carbons (Fsp3) is 0.176. The quantitative estimate of drug-likeness (QED) is 0.672. The fourth-order valence-corrected chi connectivity index (χ4v) is 2.73. The summed E-state index contributed by atoms with van der Waals surface area (Å²) in [6.45, 7) is 3.42. The van der Waals surface area contributed by atoms with Gasteiger partial charge in [0, 0.05) is 23.1 Å². The third-order valence-electron chi connectivity index (χ3n) is 2.99. The summed E-state index contributed by atoms with van der Waals surface area (Å²) < 4.78 is 0. The van der Waals surface area contributed by atoms with Gasteiger partial charge < -0.3 is 5.32 Å². The Kier molecular flexibility index (Phi) is 5.17. The first-order valence-corrected chi connectivity index (χ1v) is 7.64. The van der Waals surface area contributed by atoms with Crippen LogP contribution in [0, 0.1) is 6.92 Å². The van der Waals surface area contributed by atoms with Crippen LogP contribution >= 0.6 is 11.8 Å². The molecule has 2 aromatic carbocycles. The predicted molar refractivity (Wildman–Crippen MR) is 87.0 cm³/mol. The monoisotopic (exact) mass is 299 g/mol. The predicted octanol–water partition coefficient (Wildman–Crippen LogP) is 3.93. The lowest BCUT2D eigenvalue weighted by Gasteiger charge is -2.06. The Morgan fingerprint density at radius 2 is 1.71 bits per heavy atom. The summed E-state index contributed by atoms with van der Waals surface area (Å²) >= 11 is 1.50. The van der Waals surface area contributed by atoms with Gasteiger partial charge in [0.25, 0.3) is 0 Å². The average Bonchev–Trinajstić information content (AvgIpc) is 2.46. The standard InChI is InChI=1S/C17H17NO2S/c1-12-5-3-4-6-16(12)17(20)11-21-15-9-7-14(8-10-15)18-13(2)19/h3-10H,11H2,1-2H3,(H,18,19). The molecule has 0 unspecified atom stereocenters. The minimum Gasteiger partial charge on any atom is -0.326 e. The Labute approximate surface area is 128 Å². The van der Waals surface area contributed by atoms with E-state index in [2.05, 4.69) is 5.32 Å². The lowest BCUT2D eigenvalue weighted by atomic mass is 10.1. The molecule has 108 valence electrons. The third-order valence-corrected chi connectivity index (χ3v) is 4.00. The molecule has 1 amide bonds. The molecule has 2 rings (SSSR count). The largest absolute Gasteiger partial charge is 0.326 e. The van der Waals surface area contributed by atoms with Crippen molar-refractivity contribution in [2.75, 3.05) is 11.1 Å². The van der Waals surface area contributed by atoms with Crippen molar-refractivity contribution >= 4 is 29.1 Å². The topological polar surface area (TPSA) is 46.2 Å². The number of amides is 1. The van der Waals surface area contributed by atoms with Crippen molar-refractivity contribution in [1.82, 2.24) is 0 Å². The van der Waals surface area contributed by atoms with E-state index < -0.39 is 0 Å². The lowest BCUT2D eigenvalue weighted by molar-refractivity contribution is -0.114. The number of anilines is 1. The Morgan fingerprint density at radius 1 is 1.05 bits per heavy atom. The molecule has 0 heterocycles. The smallest absolute Gasteiger partial charge is 0.221 e. The molecule has 0 fully saturated rings. The van der Waals surface area contributed by atoms with Gasteiger partial charge in [-0.15, -0.1) is 11.8 Å². The minimum atomic E-state index is -0.0925. The number of hydrogen-bond donors (Lipinski definition) is 1. The summed E-state index contributed by atoms with van der Waals surface area (Å²) in [5.41, 5.74) is 2.54. The number of carbonyl (C=O) groups excluding carboxylic acids is 2. The maximum Gasteiger partial charge on any atom is 0.221 e. The van der Waals surface area contributed by atoms with Crippen LogP contribution in [0.25, 0.3) is 0 Å². The van der Waals surface area contributed by atoms with Crippen molar-refractivity contribution in [3.63, 3.8) is 0 Å². The molecule has 21 heavy (non-hydrogen) atoms. The molecule has 0 aromatic heterocycles. The van der Waals surface area contributed by atoms with Crippen LogP contribution in [0.4, 0.5) is 5.69 Å². The van der Waals surface area contributed by atoms with Gasteiger partial charge in [0.2, 0.25) is 5.91 Å². The summed E-state index contributed by atoms with van der Waals surface area (Å²) in [4.78, 5) is 24.1. The lowest BCUT2D eigenvalue weighted by Crippen LogP contribution is -2.05. The van der Waals surface area contributed by atoms with Crippen molar-refractivity contribution in [1.29, 1.82) is 0 Å². The molecule has 2 aromatic rings. The van der Waals surface area contributed by atoms with Gasteiger partial charge in [-0.05, 0) is 36.8 Å². The SMILES string of the molecule is CC(=O)Nc1ccc(SCC(=O)c2ccccc2C)cc1. The van der Waals surface area contributed by atoms with Crippen LogP contribution in [-0.2, 0) is 4.79 Å². The molecule has 0 aliphatic rings. The van der Waals surface area contributed by atoms with Crippen LogP contribution < -0.4 is 5.32 Å². The zero-order valence-electron chi connectivity index (χ0n) is 12.1. The summed E-state index contributed by atoms with van der Waals surface area (Å²) in [7, 11) is 0. The second kappa shape index (κ2) is 7.09. The fourth-order valence-electron chi connectivity index (χ4n) is 1.95. The Balaban J connectivity index is 1.95. The molecule has 4 heteroatoms. The highest BCUT2D eigenvalue weighted by atomic mass is 32.2. The second-order valence-electron chi connectivity index (χ2n) is 4.73. The number of aryl methyl sites for hydroxylation is 1. The van der Waals surface area contributed by atoms with E-state index in [0.29, 0.717) is 5.75 Å². The van der Waals surface area contributed by atoms with E-state index in [1.165, 1.54) is 18.7 Å². The Bertz CT molecular complexity index is 650. The number of hydrogen-bond acceptors (Lipinski definition) is 3. The van der Waals surface area contributed by atoms with Crippen molar-refractivity contribution in [3.8, 4) is 0 Å². The molecule has 0 atom stereocenters. The van der Waals surface area contributed by atoms with Gasteiger partial charge in [0.05, 0.1) is 5.75 Å². The number of Topliss-reactive ketones (excluding diaryl/α,β-unsaturated/α-hetero) is 1. The number of rotatable bonds is 5. The van der Waals surface area contributed by atoms with Crippen LogP contribution in [0.5, 0.6) is 0 Å². The second-order valence-corrected chi connectivity index (χ2v) is 5.78.